The summed E-state index contributed by atoms with van der Waals surface area (Å²) in [6.45, 7) is 0. The normalized spacial score (nSPS) is 9.94. The molecule has 0 saturated carbocycles. The number of halogens is 2. The van der Waals surface area contributed by atoms with Crippen molar-refractivity contribution in [1.29, 1.82) is 5.26 Å². The van der Waals surface area contributed by atoms with Crippen LogP contribution in [0.15, 0.2) is 40.5 Å². The van der Waals surface area contributed by atoms with Crippen molar-refractivity contribution in [2.45, 2.75) is 10.1 Å². The molecule has 0 radical (unpaired) electrons. The summed E-state index contributed by atoms with van der Waals surface area (Å²) in [6, 6.07) is 8.78. The Morgan fingerprint density at radius 2 is 2.00 bits per heavy atom. The van der Waals surface area contributed by atoms with Crippen molar-refractivity contribution in [2.75, 3.05) is 0 Å². The minimum Gasteiger partial charge on any atom is -0.231 e. The van der Waals surface area contributed by atoms with Crippen LogP contribution >= 0.6 is 35.0 Å². The topological polar surface area (TPSA) is 49.6 Å². The summed E-state index contributed by atoms with van der Waals surface area (Å²) in [5, 5.41) is 10.2. The number of aromatic nitrogens is 2. The number of nitrogens with zero attached hydrogens (tertiary/aromatic N) is 3. The van der Waals surface area contributed by atoms with Gasteiger partial charge >= 0.3 is 0 Å². The van der Waals surface area contributed by atoms with Gasteiger partial charge < -0.3 is 0 Å². The largest absolute Gasteiger partial charge is 0.231 e. The van der Waals surface area contributed by atoms with Gasteiger partial charge in [-0.2, -0.15) is 5.26 Å². The molecule has 0 fully saturated rings. The van der Waals surface area contributed by atoms with E-state index >= 15 is 0 Å². The number of hydrogen-bond donors (Lipinski definition) is 0. The van der Waals surface area contributed by atoms with Gasteiger partial charge in [0.2, 0.25) is 0 Å². The zero-order chi connectivity index (χ0) is 12.3. The highest BCUT2D eigenvalue weighted by atomic mass is 35.5. The van der Waals surface area contributed by atoms with E-state index in [0.29, 0.717) is 20.9 Å². The first-order valence-electron chi connectivity index (χ1n) is 4.55. The van der Waals surface area contributed by atoms with E-state index in [-0.39, 0.29) is 0 Å². The van der Waals surface area contributed by atoms with Gasteiger partial charge in [-0.05, 0) is 36.0 Å². The van der Waals surface area contributed by atoms with Crippen LogP contribution in [0.2, 0.25) is 10.0 Å². The van der Waals surface area contributed by atoms with Crippen LogP contribution in [-0.2, 0) is 0 Å². The van der Waals surface area contributed by atoms with Gasteiger partial charge in [-0.25, -0.2) is 9.97 Å². The van der Waals surface area contributed by atoms with Crippen molar-refractivity contribution in [1.82, 2.24) is 9.97 Å². The van der Waals surface area contributed by atoms with Gasteiger partial charge in [-0.1, -0.05) is 23.2 Å². The molecule has 2 aromatic rings. The average molecular weight is 282 g/mol. The van der Waals surface area contributed by atoms with E-state index in [0.717, 1.165) is 4.90 Å². The molecule has 0 aliphatic heterocycles. The highest BCUT2D eigenvalue weighted by molar-refractivity contribution is 7.99. The second kappa shape index (κ2) is 5.37. The molecule has 0 amide bonds. The van der Waals surface area contributed by atoms with Crippen LogP contribution in [0.4, 0.5) is 0 Å². The summed E-state index contributed by atoms with van der Waals surface area (Å²) in [5.41, 5.74) is 0.336. The zero-order valence-electron chi connectivity index (χ0n) is 8.39. The summed E-state index contributed by atoms with van der Waals surface area (Å²) in [4.78, 5) is 8.98. The smallest absolute Gasteiger partial charge is 0.193 e. The molecule has 0 saturated heterocycles. The third kappa shape index (κ3) is 3.10. The van der Waals surface area contributed by atoms with Gasteiger partial charge in [0.05, 0.1) is 10.0 Å². The lowest BCUT2D eigenvalue weighted by Gasteiger charge is -2.01. The fraction of sp³-hybridized carbons (Fsp3) is 0. The molecule has 2 rings (SSSR count). The van der Waals surface area contributed by atoms with Crippen molar-refractivity contribution in [3.05, 3.63) is 46.2 Å². The third-order valence-electron chi connectivity index (χ3n) is 1.85. The number of hydrogen-bond acceptors (Lipinski definition) is 4. The Hall–Kier alpha value is -1.28. The summed E-state index contributed by atoms with van der Waals surface area (Å²) in [5.74, 6) is 0. The molecule has 1 heterocycles. The molecule has 0 N–H and O–H groups in total. The maximum absolute atomic E-state index is 8.72. The Morgan fingerprint density at radius 1 is 1.18 bits per heavy atom. The van der Waals surface area contributed by atoms with Crippen LogP contribution in [0, 0.1) is 11.3 Å². The minimum absolute atomic E-state index is 0.336. The maximum atomic E-state index is 8.72. The van der Waals surface area contributed by atoms with E-state index in [1.165, 1.54) is 11.8 Å². The predicted octanol–water partition coefficient (Wildman–Crippen LogP) is 3.81. The van der Waals surface area contributed by atoms with Crippen molar-refractivity contribution < 1.29 is 0 Å². The molecule has 0 aliphatic rings. The quantitative estimate of drug-likeness (QED) is 0.786. The highest BCUT2D eigenvalue weighted by Crippen LogP contribution is 2.30. The zero-order valence-corrected chi connectivity index (χ0v) is 10.7. The van der Waals surface area contributed by atoms with E-state index in [4.69, 9.17) is 28.5 Å². The number of rotatable bonds is 2. The first kappa shape index (κ1) is 12.2. The molecule has 0 unspecified atom stereocenters. The predicted molar refractivity (Wildman–Crippen MR) is 67.3 cm³/mol. The molecule has 0 spiro atoms. The average Bonchev–Trinajstić information content (AvgIpc) is 2.34. The van der Waals surface area contributed by atoms with Crippen LogP contribution in [0.5, 0.6) is 0 Å². The van der Waals surface area contributed by atoms with Crippen LogP contribution in [0.25, 0.3) is 0 Å². The fourth-order valence-corrected chi connectivity index (χ4v) is 2.24. The van der Waals surface area contributed by atoms with Gasteiger partial charge in [0.1, 0.15) is 11.8 Å². The van der Waals surface area contributed by atoms with Crippen LogP contribution < -0.4 is 0 Å². The Balaban J connectivity index is 2.25. The second-order valence-corrected chi connectivity index (χ2v) is 4.87. The van der Waals surface area contributed by atoms with Crippen molar-refractivity contribution >= 4 is 35.0 Å². The van der Waals surface area contributed by atoms with E-state index in [9.17, 15) is 0 Å². The van der Waals surface area contributed by atoms with Gasteiger partial charge in [0, 0.05) is 11.1 Å². The van der Waals surface area contributed by atoms with Crippen molar-refractivity contribution in [3.63, 3.8) is 0 Å². The van der Waals surface area contributed by atoms with Gasteiger partial charge in [-0.3, -0.25) is 0 Å². The van der Waals surface area contributed by atoms with E-state index in [2.05, 4.69) is 9.97 Å². The van der Waals surface area contributed by atoms with E-state index < -0.39 is 0 Å². The van der Waals surface area contributed by atoms with E-state index in [1.54, 1.807) is 24.4 Å². The summed E-state index contributed by atoms with van der Waals surface area (Å²) >= 11 is 13.0. The molecule has 1 aromatic heterocycles. The number of benzene rings is 1. The first-order valence-corrected chi connectivity index (χ1v) is 6.12. The molecule has 3 nitrogen and oxygen atoms in total. The minimum atomic E-state index is 0.336. The maximum Gasteiger partial charge on any atom is 0.193 e. The lowest BCUT2D eigenvalue weighted by Crippen LogP contribution is -1.88. The molecule has 84 valence electrons. The molecule has 6 heteroatoms. The Bertz CT molecular complexity index is 596. The monoisotopic (exact) mass is 281 g/mol. The van der Waals surface area contributed by atoms with Crippen molar-refractivity contribution in [3.8, 4) is 6.07 Å². The summed E-state index contributed by atoms with van der Waals surface area (Å²) < 4.78 is 0. The van der Waals surface area contributed by atoms with Crippen LogP contribution in [0.1, 0.15) is 5.69 Å². The summed E-state index contributed by atoms with van der Waals surface area (Å²) in [6.07, 6.45) is 1.55. The third-order valence-corrected chi connectivity index (χ3v) is 3.46. The first-order chi connectivity index (χ1) is 8.19. The Kier molecular flexibility index (Phi) is 3.85. The standard InChI is InChI=1S/C11H5Cl2N3S/c12-9-2-1-8(5-10(9)13)17-11-15-4-3-7(6-14)16-11/h1-5H. The molecule has 0 bridgehead atoms. The van der Waals surface area contributed by atoms with Gasteiger partial charge in [0.25, 0.3) is 0 Å². The Morgan fingerprint density at radius 3 is 2.71 bits per heavy atom. The number of nitriles is 1. The van der Waals surface area contributed by atoms with E-state index in [1.807, 2.05) is 12.1 Å². The molecular weight excluding hydrogens is 277 g/mol. The van der Waals surface area contributed by atoms with Gasteiger partial charge in [-0.15, -0.1) is 0 Å². The highest BCUT2D eigenvalue weighted by Gasteiger charge is 2.04. The molecular formula is C11H5Cl2N3S. The molecule has 0 atom stereocenters. The van der Waals surface area contributed by atoms with Crippen molar-refractivity contribution in [2.24, 2.45) is 0 Å². The van der Waals surface area contributed by atoms with Crippen LogP contribution in [0.3, 0.4) is 0 Å². The van der Waals surface area contributed by atoms with Gasteiger partial charge in [0.15, 0.2) is 5.16 Å². The molecule has 1 aromatic carbocycles. The second-order valence-electron chi connectivity index (χ2n) is 3.01. The fourth-order valence-electron chi connectivity index (χ4n) is 1.10. The molecule has 17 heavy (non-hydrogen) atoms. The Labute approximate surface area is 112 Å². The lowest BCUT2D eigenvalue weighted by molar-refractivity contribution is 0.952. The lowest BCUT2D eigenvalue weighted by atomic mass is 10.4. The van der Waals surface area contributed by atoms with Crippen LogP contribution in [-0.4, -0.2) is 9.97 Å². The SMILES string of the molecule is N#Cc1ccnc(Sc2ccc(Cl)c(Cl)c2)n1. The summed E-state index contributed by atoms with van der Waals surface area (Å²) in [7, 11) is 0. The molecule has 0 aliphatic carbocycles.